The lowest BCUT2D eigenvalue weighted by Crippen LogP contribution is -2.61. The Bertz CT molecular complexity index is 305. The standard InChI is InChI=1S/C15H31N3O2/c1-6-9-16-15(13-7-8-13,14(19)20-5)12-18(4)11-10-17(2)3/h13,16H,6-12H2,1-5H3. The molecule has 5 nitrogen and oxygen atoms in total. The van der Waals surface area contributed by atoms with E-state index in [1.807, 2.05) is 0 Å². The highest BCUT2D eigenvalue weighted by Crippen LogP contribution is 2.41. The number of likely N-dealkylation sites (N-methyl/N-ethyl adjacent to an activating group) is 2. The highest BCUT2D eigenvalue weighted by atomic mass is 16.5. The second-order valence-corrected chi connectivity index (χ2v) is 6.21. The number of ether oxygens (including phenoxy) is 1. The summed E-state index contributed by atoms with van der Waals surface area (Å²) in [6, 6.07) is 0. The molecule has 0 heterocycles. The number of carbonyl (C=O) groups excluding carboxylic acids is 1. The number of esters is 1. The van der Waals surface area contributed by atoms with Gasteiger partial charge in [-0.25, -0.2) is 4.79 Å². The van der Waals surface area contributed by atoms with Crippen LogP contribution in [-0.4, -0.2) is 75.7 Å². The maximum Gasteiger partial charge on any atom is 0.327 e. The molecular formula is C15H31N3O2. The highest BCUT2D eigenvalue weighted by Gasteiger charge is 2.51. The zero-order valence-corrected chi connectivity index (χ0v) is 13.7. The van der Waals surface area contributed by atoms with E-state index in [4.69, 9.17) is 4.74 Å². The first-order valence-electron chi connectivity index (χ1n) is 7.63. The van der Waals surface area contributed by atoms with Crippen LogP contribution in [0.5, 0.6) is 0 Å². The molecule has 1 rings (SSSR count). The van der Waals surface area contributed by atoms with Crippen molar-refractivity contribution in [3.8, 4) is 0 Å². The molecule has 0 aliphatic heterocycles. The monoisotopic (exact) mass is 285 g/mol. The molecule has 1 fully saturated rings. The molecule has 1 atom stereocenters. The van der Waals surface area contributed by atoms with Crippen LogP contribution in [0.4, 0.5) is 0 Å². The van der Waals surface area contributed by atoms with Crippen molar-refractivity contribution in [1.82, 2.24) is 15.1 Å². The van der Waals surface area contributed by atoms with Crippen LogP contribution in [-0.2, 0) is 9.53 Å². The summed E-state index contributed by atoms with van der Waals surface area (Å²) < 4.78 is 5.10. The van der Waals surface area contributed by atoms with Crippen molar-refractivity contribution in [2.45, 2.75) is 31.7 Å². The molecule has 1 saturated carbocycles. The molecule has 0 spiro atoms. The predicted molar refractivity (Wildman–Crippen MR) is 81.8 cm³/mol. The maximum absolute atomic E-state index is 12.4. The topological polar surface area (TPSA) is 44.8 Å². The lowest BCUT2D eigenvalue weighted by molar-refractivity contribution is -0.150. The Morgan fingerprint density at radius 2 is 1.95 bits per heavy atom. The third-order valence-corrected chi connectivity index (χ3v) is 3.96. The highest BCUT2D eigenvalue weighted by molar-refractivity contribution is 5.82. The summed E-state index contributed by atoms with van der Waals surface area (Å²) in [7, 11) is 7.71. The molecule has 5 heteroatoms. The molecule has 1 N–H and O–H groups in total. The third-order valence-electron chi connectivity index (χ3n) is 3.96. The van der Waals surface area contributed by atoms with E-state index in [0.717, 1.165) is 45.4 Å². The molecule has 0 aromatic heterocycles. The minimum atomic E-state index is -0.522. The van der Waals surface area contributed by atoms with Crippen molar-refractivity contribution >= 4 is 5.97 Å². The zero-order chi connectivity index (χ0) is 15.2. The van der Waals surface area contributed by atoms with Crippen molar-refractivity contribution in [3.63, 3.8) is 0 Å². The molecule has 0 aromatic carbocycles. The number of methoxy groups -OCH3 is 1. The van der Waals surface area contributed by atoms with Crippen molar-refractivity contribution < 1.29 is 9.53 Å². The van der Waals surface area contributed by atoms with Gasteiger partial charge in [-0.3, -0.25) is 0 Å². The van der Waals surface area contributed by atoms with Gasteiger partial charge in [0.2, 0.25) is 0 Å². The van der Waals surface area contributed by atoms with E-state index in [1.165, 1.54) is 7.11 Å². The summed E-state index contributed by atoms with van der Waals surface area (Å²) in [5, 5.41) is 3.48. The number of carbonyl (C=O) groups is 1. The average molecular weight is 285 g/mol. The van der Waals surface area contributed by atoms with Crippen LogP contribution in [0.2, 0.25) is 0 Å². The Morgan fingerprint density at radius 3 is 2.40 bits per heavy atom. The molecule has 0 amide bonds. The lowest BCUT2D eigenvalue weighted by Gasteiger charge is -2.36. The van der Waals surface area contributed by atoms with Crippen molar-refractivity contribution in [2.75, 3.05) is 54.4 Å². The van der Waals surface area contributed by atoms with E-state index in [0.29, 0.717) is 5.92 Å². The van der Waals surface area contributed by atoms with E-state index >= 15 is 0 Å². The van der Waals surface area contributed by atoms with Crippen molar-refractivity contribution in [1.29, 1.82) is 0 Å². The second-order valence-electron chi connectivity index (χ2n) is 6.21. The first-order valence-corrected chi connectivity index (χ1v) is 7.63. The number of hydrogen-bond donors (Lipinski definition) is 1. The Kier molecular flexibility index (Phi) is 6.92. The number of nitrogens with zero attached hydrogens (tertiary/aromatic N) is 2. The first kappa shape index (κ1) is 17.4. The van der Waals surface area contributed by atoms with Gasteiger partial charge in [0.25, 0.3) is 0 Å². The molecule has 0 radical (unpaired) electrons. The van der Waals surface area contributed by atoms with E-state index in [1.54, 1.807) is 0 Å². The van der Waals surface area contributed by atoms with Gasteiger partial charge in [-0.15, -0.1) is 0 Å². The summed E-state index contributed by atoms with van der Waals surface area (Å²) in [6.07, 6.45) is 3.26. The molecule has 118 valence electrons. The normalized spacial score (nSPS) is 18.4. The smallest absolute Gasteiger partial charge is 0.327 e. The van der Waals surface area contributed by atoms with Gasteiger partial charge in [-0.2, -0.15) is 0 Å². The van der Waals surface area contributed by atoms with Crippen molar-refractivity contribution in [3.05, 3.63) is 0 Å². The van der Waals surface area contributed by atoms with Crippen LogP contribution in [0.1, 0.15) is 26.2 Å². The van der Waals surface area contributed by atoms with Crippen LogP contribution in [0, 0.1) is 5.92 Å². The van der Waals surface area contributed by atoms with E-state index in [-0.39, 0.29) is 5.97 Å². The fourth-order valence-electron chi connectivity index (χ4n) is 2.61. The number of nitrogens with one attached hydrogen (secondary N) is 1. The molecular weight excluding hydrogens is 254 g/mol. The van der Waals surface area contributed by atoms with Gasteiger partial charge in [0.15, 0.2) is 0 Å². The molecule has 1 aliphatic rings. The largest absolute Gasteiger partial charge is 0.468 e. The van der Waals surface area contributed by atoms with Gasteiger partial charge in [0, 0.05) is 19.6 Å². The summed E-state index contributed by atoms with van der Waals surface area (Å²) in [6.45, 7) is 5.64. The number of rotatable bonds is 10. The fourth-order valence-corrected chi connectivity index (χ4v) is 2.61. The Morgan fingerprint density at radius 1 is 1.30 bits per heavy atom. The van der Waals surface area contributed by atoms with Crippen LogP contribution < -0.4 is 5.32 Å². The molecule has 1 unspecified atom stereocenters. The fraction of sp³-hybridized carbons (Fsp3) is 0.933. The molecule has 0 saturated heterocycles. The Balaban J connectivity index is 2.72. The summed E-state index contributed by atoms with van der Waals surface area (Å²) in [4.78, 5) is 16.8. The Labute approximate surface area is 123 Å². The second kappa shape index (κ2) is 7.96. The van der Waals surface area contributed by atoms with Crippen molar-refractivity contribution in [2.24, 2.45) is 5.92 Å². The number of hydrogen-bond acceptors (Lipinski definition) is 5. The van der Waals surface area contributed by atoms with Crippen LogP contribution in [0.25, 0.3) is 0 Å². The van der Waals surface area contributed by atoms with Gasteiger partial charge in [-0.1, -0.05) is 6.92 Å². The summed E-state index contributed by atoms with van der Waals surface area (Å²) >= 11 is 0. The average Bonchev–Trinajstić information content (AvgIpc) is 3.25. The van der Waals surface area contributed by atoms with Gasteiger partial charge in [0.1, 0.15) is 5.54 Å². The van der Waals surface area contributed by atoms with E-state index in [2.05, 4.69) is 43.2 Å². The molecule has 1 aliphatic carbocycles. The van der Waals surface area contributed by atoms with Gasteiger partial charge in [-0.05, 0) is 52.9 Å². The quantitative estimate of drug-likeness (QED) is 0.602. The summed E-state index contributed by atoms with van der Waals surface area (Å²) in [5.74, 6) is 0.313. The maximum atomic E-state index is 12.4. The van der Waals surface area contributed by atoms with Gasteiger partial charge < -0.3 is 19.9 Å². The molecule has 0 aromatic rings. The third kappa shape index (κ3) is 4.72. The Hall–Kier alpha value is -0.650. The first-order chi connectivity index (χ1) is 9.46. The SMILES string of the molecule is CCCNC(CN(C)CCN(C)C)(C(=O)OC)C1CC1. The van der Waals surface area contributed by atoms with E-state index < -0.39 is 5.54 Å². The lowest BCUT2D eigenvalue weighted by atomic mass is 9.92. The minimum Gasteiger partial charge on any atom is -0.468 e. The van der Waals surface area contributed by atoms with Crippen LogP contribution >= 0.6 is 0 Å². The zero-order valence-electron chi connectivity index (χ0n) is 13.7. The van der Waals surface area contributed by atoms with Gasteiger partial charge >= 0.3 is 5.97 Å². The molecule has 20 heavy (non-hydrogen) atoms. The van der Waals surface area contributed by atoms with Gasteiger partial charge in [0.05, 0.1) is 7.11 Å². The van der Waals surface area contributed by atoms with Crippen LogP contribution in [0.3, 0.4) is 0 Å². The predicted octanol–water partition coefficient (Wildman–Crippen LogP) is 0.801. The molecule has 0 bridgehead atoms. The van der Waals surface area contributed by atoms with E-state index in [9.17, 15) is 4.79 Å². The van der Waals surface area contributed by atoms with Crippen LogP contribution in [0.15, 0.2) is 0 Å². The minimum absolute atomic E-state index is 0.106. The summed E-state index contributed by atoms with van der Waals surface area (Å²) in [5.41, 5.74) is -0.522.